The standard InChI is InChI=1S/C114H70N4O4S2/c1-67-28-6-19-47-93(67)117(97-50-26-45-83-79-37-17-22-54-105(79)121-109(83)97)101-65-91-92-66-102(76-34-10-14-42-88(76)114(92)124-113(91)87-41-13-9-33-75(87)101)118(98-51-27-46-84-80-38-18-23-55-106(80)122-110(84)98)94-61-58-70(62-68(94)2)69-56-59-72(60-57-69)116(96-49-25-44-82-78-36-16-21-53-104(78)120-108(82)96)100-64-90-89-63-99(73-31-7-11-39-85(73)111(89)123-112(90)86-40-12-8-32-74(86)100)115(71-29-4-3-5-30-71)95-48-24-43-81-77-35-15-20-52-103(77)119-107(81)95/h3-66H,1-2H3. The number of hydrogen-bond acceptors (Lipinski definition) is 10. The Bertz CT molecular complexity index is 8980. The first-order valence-corrected chi connectivity index (χ1v) is 43.7. The van der Waals surface area contributed by atoms with Gasteiger partial charge in [-0.1, -0.05) is 273 Å². The molecule has 0 unspecified atom stereocenters. The highest BCUT2D eigenvalue weighted by Gasteiger charge is 2.32. The molecule has 26 rings (SSSR count). The number of hydrogen-bond donors (Lipinski definition) is 0. The van der Waals surface area contributed by atoms with Gasteiger partial charge in [0.15, 0.2) is 22.3 Å². The smallest absolute Gasteiger partial charge is 0.159 e. The van der Waals surface area contributed by atoms with E-state index in [1.165, 1.54) is 45.7 Å². The molecule has 124 heavy (non-hydrogen) atoms. The fourth-order valence-corrected chi connectivity index (χ4v) is 22.7. The number of fused-ring (bicyclic) bond motifs is 26. The maximum atomic E-state index is 7.13. The topological polar surface area (TPSA) is 65.5 Å². The molecule has 10 heteroatoms. The highest BCUT2D eigenvalue weighted by Crippen LogP contribution is 2.57. The molecular weight excluding hydrogens is 1550 g/mol. The Kier molecular flexibility index (Phi) is 15.5. The molecule has 0 saturated heterocycles. The number of thiophene rings is 2. The van der Waals surface area contributed by atoms with Gasteiger partial charge in [0.2, 0.25) is 0 Å². The van der Waals surface area contributed by atoms with Crippen LogP contribution in [0.2, 0.25) is 0 Å². The van der Waals surface area contributed by atoms with E-state index in [1.807, 2.05) is 28.7 Å². The molecule has 0 atom stereocenters. The van der Waals surface area contributed by atoms with Crippen molar-refractivity contribution in [3.05, 3.63) is 399 Å². The van der Waals surface area contributed by atoms with E-state index in [4.69, 9.17) is 17.7 Å². The lowest BCUT2D eigenvalue weighted by Gasteiger charge is -2.29. The van der Waals surface area contributed by atoms with Crippen LogP contribution in [0.25, 0.3) is 182 Å². The summed E-state index contributed by atoms with van der Waals surface area (Å²) in [5.41, 5.74) is 23.2. The van der Waals surface area contributed by atoms with Crippen LogP contribution in [0.4, 0.5) is 68.2 Å². The average Bonchev–Trinajstić information content (AvgIpc) is 1.54. The number of anilines is 12. The van der Waals surface area contributed by atoms with Crippen LogP contribution in [0.3, 0.4) is 0 Å². The Morgan fingerprint density at radius 3 is 0.790 bits per heavy atom. The normalized spacial score (nSPS) is 12.1. The van der Waals surface area contributed by atoms with Crippen molar-refractivity contribution in [2.45, 2.75) is 13.8 Å². The summed E-state index contributed by atoms with van der Waals surface area (Å²) in [5.74, 6) is 0. The first kappa shape index (κ1) is 70.2. The molecule has 6 heterocycles. The van der Waals surface area contributed by atoms with Crippen molar-refractivity contribution in [1.29, 1.82) is 0 Å². The van der Waals surface area contributed by atoms with E-state index < -0.39 is 0 Å². The SMILES string of the molecule is Cc1ccccc1N(c1cc2c3cc(N(c4ccc(-c5ccc(N(c6cc7c8cc(N(c9ccccc9)c9cccc%10c9oc9ccccc9%10)c9ccccc9c8sc7c7ccccc67)c6cccc7c6oc6ccccc67)cc5)cc4C)c4cccc5c4oc4ccccc45)c4ccccc4c3sc2c2ccccc12)c1cccc2c1oc1ccccc12. The molecule has 0 saturated carbocycles. The second-order valence-corrected chi connectivity index (χ2v) is 34.5. The molecule has 0 fully saturated rings. The summed E-state index contributed by atoms with van der Waals surface area (Å²) < 4.78 is 33.0. The number of furan rings is 4. The molecule has 0 spiro atoms. The van der Waals surface area contributed by atoms with E-state index in [9.17, 15) is 0 Å². The van der Waals surface area contributed by atoms with Crippen LogP contribution in [-0.2, 0) is 0 Å². The Balaban J connectivity index is 0.653. The highest BCUT2D eigenvalue weighted by atomic mass is 32.1. The molecule has 582 valence electrons. The lowest BCUT2D eigenvalue weighted by atomic mass is 9.97. The zero-order valence-electron chi connectivity index (χ0n) is 67.2. The van der Waals surface area contributed by atoms with Crippen LogP contribution in [0.1, 0.15) is 11.1 Å². The Morgan fingerprint density at radius 1 is 0.169 bits per heavy atom. The summed E-state index contributed by atoms with van der Waals surface area (Å²) >= 11 is 3.75. The van der Waals surface area contributed by atoms with E-state index in [2.05, 4.69) is 416 Å². The molecule has 8 nitrogen and oxygen atoms in total. The predicted molar refractivity (Wildman–Crippen MR) is 525 cm³/mol. The van der Waals surface area contributed by atoms with Gasteiger partial charge in [0.05, 0.1) is 45.5 Å². The summed E-state index contributed by atoms with van der Waals surface area (Å²) in [6.45, 7) is 4.47. The fourth-order valence-electron chi connectivity index (χ4n) is 20.0. The van der Waals surface area contributed by atoms with Gasteiger partial charge in [-0.15, -0.1) is 22.7 Å². The van der Waals surface area contributed by atoms with Crippen molar-refractivity contribution >= 4 is 262 Å². The van der Waals surface area contributed by atoms with Gasteiger partial charge in [-0.2, -0.15) is 0 Å². The van der Waals surface area contributed by atoms with E-state index in [1.54, 1.807) is 0 Å². The molecule has 26 aromatic rings. The van der Waals surface area contributed by atoms with Crippen LogP contribution in [-0.4, -0.2) is 0 Å². The minimum Gasteiger partial charge on any atom is -0.454 e. The van der Waals surface area contributed by atoms with Gasteiger partial charge in [0, 0.05) is 149 Å². The molecule has 0 aliphatic heterocycles. The zero-order chi connectivity index (χ0) is 81.5. The monoisotopic (exact) mass is 1620 g/mol. The first-order chi connectivity index (χ1) is 61.3. The van der Waals surface area contributed by atoms with Crippen molar-refractivity contribution < 1.29 is 17.7 Å². The van der Waals surface area contributed by atoms with Crippen LogP contribution in [0, 0.1) is 13.8 Å². The quantitative estimate of drug-likeness (QED) is 0.113. The third-order valence-electron chi connectivity index (χ3n) is 25.6. The van der Waals surface area contributed by atoms with Crippen molar-refractivity contribution in [2.24, 2.45) is 0 Å². The number of para-hydroxylation sites is 10. The largest absolute Gasteiger partial charge is 0.454 e. The molecule has 0 bridgehead atoms. The minimum atomic E-state index is 0.808. The number of nitrogens with zero attached hydrogens (tertiary/aromatic N) is 4. The Labute approximate surface area is 718 Å². The van der Waals surface area contributed by atoms with Crippen LogP contribution < -0.4 is 19.6 Å². The lowest BCUT2D eigenvalue weighted by Crippen LogP contribution is -2.12. The molecule has 0 amide bonds. The van der Waals surface area contributed by atoms with Crippen molar-refractivity contribution in [1.82, 2.24) is 0 Å². The van der Waals surface area contributed by atoms with Gasteiger partial charge in [-0.25, -0.2) is 0 Å². The van der Waals surface area contributed by atoms with E-state index >= 15 is 0 Å². The van der Waals surface area contributed by atoms with Crippen LogP contribution >= 0.6 is 22.7 Å². The number of benzene rings is 20. The van der Waals surface area contributed by atoms with Gasteiger partial charge in [-0.3, -0.25) is 0 Å². The predicted octanol–water partition coefficient (Wildman–Crippen LogP) is 34.8. The van der Waals surface area contributed by atoms with Crippen molar-refractivity contribution in [3.8, 4) is 11.1 Å². The molecule has 6 aromatic heterocycles. The highest BCUT2D eigenvalue weighted by molar-refractivity contribution is 7.28. The van der Waals surface area contributed by atoms with Gasteiger partial charge in [-0.05, 0) is 151 Å². The van der Waals surface area contributed by atoms with Crippen LogP contribution in [0.15, 0.2) is 406 Å². The molecule has 0 aliphatic rings. The fraction of sp³-hybridized carbons (Fsp3) is 0.0175. The third-order valence-corrected chi connectivity index (χ3v) is 28.2. The van der Waals surface area contributed by atoms with Gasteiger partial charge >= 0.3 is 0 Å². The maximum absolute atomic E-state index is 7.13. The summed E-state index contributed by atoms with van der Waals surface area (Å²) in [7, 11) is 0. The minimum absolute atomic E-state index is 0.808. The zero-order valence-corrected chi connectivity index (χ0v) is 68.8. The summed E-state index contributed by atoms with van der Waals surface area (Å²) in [5, 5.41) is 22.4. The lowest BCUT2D eigenvalue weighted by molar-refractivity contribution is 0.668. The van der Waals surface area contributed by atoms with E-state index in [0.717, 1.165) is 216 Å². The maximum Gasteiger partial charge on any atom is 0.159 e. The average molecular weight is 1620 g/mol. The third kappa shape index (κ3) is 10.5. The summed E-state index contributed by atoms with van der Waals surface area (Å²) in [6, 6.07) is 141. The van der Waals surface area contributed by atoms with Gasteiger partial charge in [0.25, 0.3) is 0 Å². The van der Waals surface area contributed by atoms with E-state index in [0.29, 0.717) is 0 Å². The van der Waals surface area contributed by atoms with Crippen molar-refractivity contribution in [3.63, 3.8) is 0 Å². The van der Waals surface area contributed by atoms with Crippen LogP contribution in [0.5, 0.6) is 0 Å². The Morgan fingerprint density at radius 2 is 0.435 bits per heavy atom. The summed E-state index contributed by atoms with van der Waals surface area (Å²) in [4.78, 5) is 9.76. The molecule has 0 aliphatic carbocycles. The van der Waals surface area contributed by atoms with E-state index in [-0.39, 0.29) is 0 Å². The first-order valence-electron chi connectivity index (χ1n) is 42.1. The Hall–Kier alpha value is -15.7. The molecule has 0 radical (unpaired) electrons. The number of aryl methyl sites for hydroxylation is 2. The second-order valence-electron chi connectivity index (χ2n) is 32.5. The van der Waals surface area contributed by atoms with Gasteiger partial charge in [0.1, 0.15) is 22.3 Å². The number of rotatable bonds is 13. The van der Waals surface area contributed by atoms with Gasteiger partial charge < -0.3 is 37.3 Å². The summed E-state index contributed by atoms with van der Waals surface area (Å²) in [6.07, 6.45) is 0. The second kappa shape index (κ2) is 27.4. The molecule has 20 aromatic carbocycles. The van der Waals surface area contributed by atoms with Crippen molar-refractivity contribution in [2.75, 3.05) is 19.6 Å². The molecular formula is C114H70N4O4S2. The molecule has 0 N–H and O–H groups in total.